The number of benzene rings is 1. The molecule has 1 aliphatic heterocycles. The predicted molar refractivity (Wildman–Crippen MR) is 98.3 cm³/mol. The van der Waals surface area contributed by atoms with Gasteiger partial charge >= 0.3 is 0 Å². The van der Waals surface area contributed by atoms with Crippen molar-refractivity contribution in [2.45, 2.75) is 32.1 Å². The Kier molecular flexibility index (Phi) is 6.17. The van der Waals surface area contributed by atoms with E-state index < -0.39 is 0 Å². The number of carbonyl (C=O) groups is 1. The number of hydrogen-bond acceptors (Lipinski definition) is 5. The number of aryl methyl sites for hydroxylation is 1. The predicted octanol–water partition coefficient (Wildman–Crippen LogP) is 3.32. The number of carbonyl (C=O) groups excluding carboxylic acids is 1. The molecule has 1 atom stereocenters. The Morgan fingerprint density at radius 3 is 2.77 bits per heavy atom. The summed E-state index contributed by atoms with van der Waals surface area (Å²) in [5, 5.41) is 0. The minimum absolute atomic E-state index is 0.126. The molecule has 26 heavy (non-hydrogen) atoms. The summed E-state index contributed by atoms with van der Waals surface area (Å²) in [7, 11) is 1.61. The summed E-state index contributed by atoms with van der Waals surface area (Å²) in [6.45, 7) is 3.92. The Hall–Kier alpha value is -2.47. The fraction of sp³-hybridized carbons (Fsp3) is 0.450. The number of amides is 1. The van der Waals surface area contributed by atoms with Gasteiger partial charge in [0.25, 0.3) is 0 Å². The molecule has 138 valence electrons. The van der Waals surface area contributed by atoms with Crippen molar-refractivity contribution in [3.63, 3.8) is 0 Å². The molecule has 1 amide bonds. The zero-order valence-corrected chi connectivity index (χ0v) is 15.4. The molecule has 0 unspecified atom stereocenters. The van der Waals surface area contributed by atoms with Gasteiger partial charge in [0.05, 0.1) is 13.0 Å². The molecule has 1 saturated heterocycles. The van der Waals surface area contributed by atoms with Crippen LogP contribution in [0.2, 0.25) is 0 Å². The lowest BCUT2D eigenvalue weighted by Crippen LogP contribution is -2.39. The van der Waals surface area contributed by atoms with Gasteiger partial charge in [-0.3, -0.25) is 9.78 Å². The first-order valence-corrected chi connectivity index (χ1v) is 8.99. The van der Waals surface area contributed by atoms with Crippen molar-refractivity contribution in [3.8, 4) is 11.6 Å². The van der Waals surface area contributed by atoms with Gasteiger partial charge in [0.2, 0.25) is 11.8 Å². The summed E-state index contributed by atoms with van der Waals surface area (Å²) in [6, 6.07) is 7.86. The molecule has 0 N–H and O–H groups in total. The van der Waals surface area contributed by atoms with Crippen LogP contribution in [0, 0.1) is 6.92 Å². The van der Waals surface area contributed by atoms with Crippen molar-refractivity contribution < 1.29 is 14.3 Å². The average molecular weight is 355 g/mol. The lowest BCUT2D eigenvalue weighted by atomic mass is 9.94. The number of nitrogens with zero attached hydrogens (tertiary/aromatic N) is 3. The Balaban J connectivity index is 1.74. The van der Waals surface area contributed by atoms with Crippen LogP contribution in [-0.4, -0.2) is 47.6 Å². The standard InChI is InChI=1S/C20H25N3O3/c1-15-5-7-17(8-6-15)26-20-19(21-10-11-22-20)16-4-3-12-23(14-16)18(24)9-13-25-2/h5-8,10-11,16H,3-4,9,12-14H2,1-2H3/t16-/m0/s1. The van der Waals surface area contributed by atoms with Crippen molar-refractivity contribution in [1.29, 1.82) is 0 Å². The van der Waals surface area contributed by atoms with Crippen molar-refractivity contribution in [1.82, 2.24) is 14.9 Å². The van der Waals surface area contributed by atoms with E-state index in [1.54, 1.807) is 19.5 Å². The smallest absolute Gasteiger partial charge is 0.241 e. The molecule has 1 fully saturated rings. The molecule has 1 aliphatic rings. The molecule has 1 aromatic carbocycles. The van der Waals surface area contributed by atoms with Gasteiger partial charge in [-0.2, -0.15) is 0 Å². The highest BCUT2D eigenvalue weighted by Gasteiger charge is 2.28. The van der Waals surface area contributed by atoms with E-state index in [9.17, 15) is 4.79 Å². The lowest BCUT2D eigenvalue weighted by Gasteiger charge is -2.32. The van der Waals surface area contributed by atoms with E-state index in [0.29, 0.717) is 25.5 Å². The molecular formula is C20H25N3O3. The van der Waals surface area contributed by atoms with Crippen LogP contribution in [-0.2, 0) is 9.53 Å². The molecule has 0 bridgehead atoms. The summed E-state index contributed by atoms with van der Waals surface area (Å²) < 4.78 is 11.0. The third-order valence-corrected chi connectivity index (χ3v) is 4.61. The first-order valence-electron chi connectivity index (χ1n) is 8.99. The molecule has 3 rings (SSSR count). The molecule has 0 radical (unpaired) electrons. The number of likely N-dealkylation sites (tertiary alicyclic amines) is 1. The van der Waals surface area contributed by atoms with E-state index in [-0.39, 0.29) is 11.8 Å². The minimum Gasteiger partial charge on any atom is -0.437 e. The van der Waals surface area contributed by atoms with Gasteiger partial charge in [0, 0.05) is 38.5 Å². The number of methoxy groups -OCH3 is 1. The number of ether oxygens (including phenoxy) is 2. The summed E-state index contributed by atoms with van der Waals surface area (Å²) in [4.78, 5) is 23.1. The first kappa shape index (κ1) is 18.3. The normalized spacial score (nSPS) is 17.2. The second-order valence-electron chi connectivity index (χ2n) is 6.58. The van der Waals surface area contributed by atoms with Crippen LogP contribution in [0.25, 0.3) is 0 Å². The maximum atomic E-state index is 12.3. The summed E-state index contributed by atoms with van der Waals surface area (Å²) in [5.41, 5.74) is 1.99. The lowest BCUT2D eigenvalue weighted by molar-refractivity contribution is -0.133. The van der Waals surface area contributed by atoms with Crippen LogP contribution in [0.3, 0.4) is 0 Å². The molecule has 6 heteroatoms. The highest BCUT2D eigenvalue weighted by atomic mass is 16.5. The van der Waals surface area contributed by atoms with E-state index in [2.05, 4.69) is 9.97 Å². The van der Waals surface area contributed by atoms with E-state index in [4.69, 9.17) is 9.47 Å². The Bertz CT molecular complexity index is 733. The number of piperidine rings is 1. The highest BCUT2D eigenvalue weighted by Crippen LogP contribution is 2.32. The fourth-order valence-corrected chi connectivity index (χ4v) is 3.19. The van der Waals surface area contributed by atoms with Crippen LogP contribution in [0.1, 0.15) is 36.4 Å². The van der Waals surface area contributed by atoms with Crippen LogP contribution in [0.5, 0.6) is 11.6 Å². The molecule has 1 aromatic heterocycles. The Morgan fingerprint density at radius 2 is 2.00 bits per heavy atom. The number of hydrogen-bond donors (Lipinski definition) is 0. The summed E-state index contributed by atoms with van der Waals surface area (Å²) in [6.07, 6.45) is 5.65. The molecule has 2 aromatic rings. The van der Waals surface area contributed by atoms with E-state index >= 15 is 0 Å². The van der Waals surface area contributed by atoms with Crippen molar-refractivity contribution in [2.75, 3.05) is 26.8 Å². The molecule has 2 heterocycles. The second kappa shape index (κ2) is 8.76. The van der Waals surface area contributed by atoms with Gasteiger partial charge in [-0.25, -0.2) is 4.98 Å². The number of rotatable bonds is 6. The first-order chi connectivity index (χ1) is 12.7. The van der Waals surface area contributed by atoms with Gasteiger partial charge in [0.1, 0.15) is 11.4 Å². The van der Waals surface area contributed by atoms with Crippen LogP contribution in [0.15, 0.2) is 36.7 Å². The highest BCUT2D eigenvalue weighted by molar-refractivity contribution is 5.76. The van der Waals surface area contributed by atoms with Crippen LogP contribution < -0.4 is 4.74 Å². The maximum Gasteiger partial charge on any atom is 0.241 e. The van der Waals surface area contributed by atoms with Gasteiger partial charge in [0.15, 0.2) is 0 Å². The largest absolute Gasteiger partial charge is 0.437 e. The molecule has 0 saturated carbocycles. The van der Waals surface area contributed by atoms with E-state index in [1.165, 1.54) is 5.56 Å². The average Bonchev–Trinajstić information content (AvgIpc) is 2.68. The molecule has 6 nitrogen and oxygen atoms in total. The van der Waals surface area contributed by atoms with Gasteiger partial charge < -0.3 is 14.4 Å². The minimum atomic E-state index is 0.126. The third-order valence-electron chi connectivity index (χ3n) is 4.61. The summed E-state index contributed by atoms with van der Waals surface area (Å²) >= 11 is 0. The van der Waals surface area contributed by atoms with Crippen molar-refractivity contribution >= 4 is 5.91 Å². The summed E-state index contributed by atoms with van der Waals surface area (Å²) in [5.74, 6) is 1.51. The molecular weight excluding hydrogens is 330 g/mol. The zero-order chi connectivity index (χ0) is 18.4. The van der Waals surface area contributed by atoms with Gasteiger partial charge in [-0.15, -0.1) is 0 Å². The Labute approximate surface area is 154 Å². The van der Waals surface area contributed by atoms with E-state index in [0.717, 1.165) is 30.8 Å². The SMILES string of the molecule is COCCC(=O)N1CCC[C@H](c2nccnc2Oc2ccc(C)cc2)C1. The van der Waals surface area contributed by atoms with Crippen molar-refractivity contribution in [3.05, 3.63) is 47.9 Å². The second-order valence-corrected chi connectivity index (χ2v) is 6.58. The van der Waals surface area contributed by atoms with E-state index in [1.807, 2.05) is 36.1 Å². The number of aromatic nitrogens is 2. The van der Waals surface area contributed by atoms with Gasteiger partial charge in [-0.05, 0) is 31.9 Å². The quantitative estimate of drug-likeness (QED) is 0.795. The van der Waals surface area contributed by atoms with Crippen LogP contribution in [0.4, 0.5) is 0 Å². The van der Waals surface area contributed by atoms with Crippen molar-refractivity contribution in [2.24, 2.45) is 0 Å². The molecule has 0 spiro atoms. The molecule has 0 aliphatic carbocycles. The monoisotopic (exact) mass is 355 g/mol. The fourth-order valence-electron chi connectivity index (χ4n) is 3.19. The maximum absolute atomic E-state index is 12.3. The topological polar surface area (TPSA) is 64.5 Å². The van der Waals surface area contributed by atoms with Gasteiger partial charge in [-0.1, -0.05) is 17.7 Å². The Morgan fingerprint density at radius 1 is 1.23 bits per heavy atom. The van der Waals surface area contributed by atoms with Crippen LogP contribution >= 0.6 is 0 Å². The third kappa shape index (κ3) is 4.58. The zero-order valence-electron chi connectivity index (χ0n) is 15.4.